The number of rotatable bonds is 4. The third-order valence-corrected chi connectivity index (χ3v) is 4.82. The number of hydrogen-bond acceptors (Lipinski definition) is 1. The summed E-state index contributed by atoms with van der Waals surface area (Å²) in [6.07, 6.45) is 0. The summed E-state index contributed by atoms with van der Waals surface area (Å²) in [5.41, 5.74) is 2.63. The van der Waals surface area contributed by atoms with Crippen LogP contribution in [0, 0.1) is 0 Å². The lowest BCUT2D eigenvalue weighted by molar-refractivity contribution is 0.256. The fourth-order valence-corrected chi connectivity index (χ4v) is 3.57. The molecule has 0 bridgehead atoms. The Kier molecular flexibility index (Phi) is 5.89. The molecule has 0 atom stereocenters. The second kappa shape index (κ2) is 8.32. The highest BCUT2D eigenvalue weighted by molar-refractivity contribution is 9.11. The highest BCUT2D eigenvalue weighted by Crippen LogP contribution is 2.27. The molecule has 3 nitrogen and oxygen atoms in total. The highest BCUT2D eigenvalue weighted by Gasteiger charge is 2.17. The molecule has 25 heavy (non-hydrogen) atoms. The Morgan fingerprint density at radius 1 is 0.880 bits per heavy atom. The van der Waals surface area contributed by atoms with Crippen LogP contribution in [0.4, 0.5) is 16.2 Å². The summed E-state index contributed by atoms with van der Waals surface area (Å²) in [4.78, 5) is 14.7. The molecule has 3 aromatic carbocycles. The summed E-state index contributed by atoms with van der Waals surface area (Å²) in [5.74, 6) is 0. The van der Waals surface area contributed by atoms with Crippen LogP contribution in [0.15, 0.2) is 87.8 Å². The van der Waals surface area contributed by atoms with E-state index in [-0.39, 0.29) is 6.03 Å². The van der Waals surface area contributed by atoms with Gasteiger partial charge in [-0.3, -0.25) is 4.90 Å². The third-order valence-electron chi connectivity index (χ3n) is 3.67. The van der Waals surface area contributed by atoms with Gasteiger partial charge >= 0.3 is 6.03 Å². The number of para-hydroxylation sites is 1. The zero-order chi connectivity index (χ0) is 17.6. The molecule has 0 saturated heterocycles. The normalized spacial score (nSPS) is 10.3. The van der Waals surface area contributed by atoms with E-state index in [4.69, 9.17) is 0 Å². The van der Waals surface area contributed by atoms with Crippen molar-refractivity contribution in [1.29, 1.82) is 0 Å². The lowest BCUT2D eigenvalue weighted by Crippen LogP contribution is -2.34. The van der Waals surface area contributed by atoms with E-state index in [1.807, 2.05) is 78.9 Å². The van der Waals surface area contributed by atoms with Gasteiger partial charge in [-0.1, -0.05) is 64.5 Å². The average Bonchev–Trinajstić information content (AvgIpc) is 2.63. The molecule has 0 unspecified atom stereocenters. The molecule has 5 heteroatoms. The number of hydrogen-bond donors (Lipinski definition) is 1. The summed E-state index contributed by atoms with van der Waals surface area (Å²) in [6, 6.07) is 25.1. The van der Waals surface area contributed by atoms with Crippen LogP contribution in [0.1, 0.15) is 5.56 Å². The first-order chi connectivity index (χ1) is 12.1. The number of urea groups is 1. The predicted molar refractivity (Wildman–Crippen MR) is 110 cm³/mol. The van der Waals surface area contributed by atoms with Crippen molar-refractivity contribution in [3.05, 3.63) is 93.4 Å². The first-order valence-corrected chi connectivity index (χ1v) is 9.34. The van der Waals surface area contributed by atoms with E-state index in [1.54, 1.807) is 4.90 Å². The molecule has 3 aromatic rings. The largest absolute Gasteiger partial charge is 0.326 e. The van der Waals surface area contributed by atoms with E-state index in [0.29, 0.717) is 6.54 Å². The summed E-state index contributed by atoms with van der Waals surface area (Å²) in [7, 11) is 0. The fourth-order valence-electron chi connectivity index (χ4n) is 2.43. The number of amides is 2. The Morgan fingerprint density at radius 3 is 2.16 bits per heavy atom. The number of benzene rings is 3. The van der Waals surface area contributed by atoms with E-state index < -0.39 is 0 Å². The van der Waals surface area contributed by atoms with Crippen molar-refractivity contribution in [2.24, 2.45) is 0 Å². The van der Waals surface area contributed by atoms with Gasteiger partial charge in [0.1, 0.15) is 0 Å². The minimum Gasteiger partial charge on any atom is -0.306 e. The molecule has 1 N–H and O–H groups in total. The SMILES string of the molecule is O=C(Nc1ccc(Br)cc1Br)N(Cc1ccccc1)c1ccccc1. The van der Waals surface area contributed by atoms with E-state index in [1.165, 1.54) is 0 Å². The topological polar surface area (TPSA) is 32.3 Å². The zero-order valence-corrected chi connectivity index (χ0v) is 16.5. The summed E-state index contributed by atoms with van der Waals surface area (Å²) in [6.45, 7) is 0.491. The van der Waals surface area contributed by atoms with Crippen LogP contribution >= 0.6 is 31.9 Å². The molecule has 3 rings (SSSR count). The molecule has 0 aliphatic heterocycles. The van der Waals surface area contributed by atoms with Crippen molar-refractivity contribution in [1.82, 2.24) is 0 Å². The van der Waals surface area contributed by atoms with E-state index in [2.05, 4.69) is 37.2 Å². The first kappa shape index (κ1) is 17.7. The second-order valence-electron chi connectivity index (χ2n) is 5.46. The Bertz CT molecular complexity index is 854. The molecular weight excluding hydrogens is 444 g/mol. The Hall–Kier alpha value is -2.11. The van der Waals surface area contributed by atoms with E-state index in [9.17, 15) is 4.79 Å². The summed E-state index contributed by atoms with van der Waals surface area (Å²) < 4.78 is 1.77. The number of nitrogens with one attached hydrogen (secondary N) is 1. The molecule has 2 amide bonds. The van der Waals surface area contributed by atoms with Crippen molar-refractivity contribution in [3.8, 4) is 0 Å². The molecule has 126 valence electrons. The highest BCUT2D eigenvalue weighted by atomic mass is 79.9. The van der Waals surface area contributed by atoms with Crippen molar-refractivity contribution >= 4 is 49.3 Å². The van der Waals surface area contributed by atoms with Gasteiger partial charge in [0.15, 0.2) is 0 Å². The van der Waals surface area contributed by atoms with Crippen molar-refractivity contribution in [3.63, 3.8) is 0 Å². The maximum absolute atomic E-state index is 12.9. The quantitative estimate of drug-likeness (QED) is 0.477. The van der Waals surface area contributed by atoms with E-state index in [0.717, 1.165) is 25.9 Å². The van der Waals surface area contributed by atoms with Gasteiger partial charge in [-0.05, 0) is 51.8 Å². The average molecular weight is 460 g/mol. The van der Waals surface area contributed by atoms with Crippen LogP contribution in [0.2, 0.25) is 0 Å². The standard InChI is InChI=1S/C20H16Br2N2O/c21-16-11-12-19(18(22)13-16)23-20(25)24(17-9-5-2-6-10-17)14-15-7-3-1-4-8-15/h1-13H,14H2,(H,23,25). The molecule has 0 aliphatic carbocycles. The summed E-state index contributed by atoms with van der Waals surface area (Å²) >= 11 is 6.90. The van der Waals surface area contributed by atoms with Crippen molar-refractivity contribution in [2.45, 2.75) is 6.54 Å². The van der Waals surface area contributed by atoms with Crippen LogP contribution in [0.25, 0.3) is 0 Å². The zero-order valence-electron chi connectivity index (χ0n) is 13.3. The summed E-state index contributed by atoms with van der Waals surface area (Å²) in [5, 5.41) is 2.98. The molecule has 0 fully saturated rings. The smallest absolute Gasteiger partial charge is 0.306 e. The van der Waals surface area contributed by atoms with Crippen molar-refractivity contribution < 1.29 is 4.79 Å². The monoisotopic (exact) mass is 458 g/mol. The molecule has 0 heterocycles. The number of nitrogens with zero attached hydrogens (tertiary/aromatic N) is 1. The van der Waals surface area contributed by atoms with Crippen molar-refractivity contribution in [2.75, 3.05) is 10.2 Å². The van der Waals surface area contributed by atoms with E-state index >= 15 is 0 Å². The lowest BCUT2D eigenvalue weighted by Gasteiger charge is -2.24. The van der Waals surface area contributed by atoms with Gasteiger partial charge in [-0.15, -0.1) is 0 Å². The van der Waals surface area contributed by atoms with Crippen LogP contribution in [0.3, 0.4) is 0 Å². The first-order valence-electron chi connectivity index (χ1n) is 7.76. The minimum atomic E-state index is -0.182. The predicted octanol–water partition coefficient (Wildman–Crippen LogP) is 6.45. The number of anilines is 2. The Balaban J connectivity index is 1.87. The molecule has 0 aliphatic rings. The molecule has 0 saturated carbocycles. The number of carbonyl (C=O) groups excluding carboxylic acids is 1. The number of halogens is 2. The fraction of sp³-hybridized carbons (Fsp3) is 0.0500. The maximum atomic E-state index is 12.9. The van der Waals surface area contributed by atoms with Gasteiger partial charge in [-0.2, -0.15) is 0 Å². The Labute approximate surface area is 163 Å². The number of carbonyl (C=O) groups is 1. The van der Waals surface area contributed by atoms with Gasteiger partial charge in [0.25, 0.3) is 0 Å². The van der Waals surface area contributed by atoms with Crippen LogP contribution in [-0.2, 0) is 6.54 Å². The maximum Gasteiger partial charge on any atom is 0.326 e. The van der Waals surface area contributed by atoms with Crippen LogP contribution in [0.5, 0.6) is 0 Å². The molecule has 0 spiro atoms. The molecular formula is C20H16Br2N2O. The van der Waals surface area contributed by atoms with Gasteiger partial charge in [0, 0.05) is 14.6 Å². The van der Waals surface area contributed by atoms with Crippen LogP contribution < -0.4 is 10.2 Å². The second-order valence-corrected chi connectivity index (χ2v) is 7.23. The lowest BCUT2D eigenvalue weighted by atomic mass is 10.2. The Morgan fingerprint density at radius 2 is 1.52 bits per heavy atom. The van der Waals surface area contributed by atoms with Gasteiger partial charge in [0.05, 0.1) is 12.2 Å². The van der Waals surface area contributed by atoms with Gasteiger partial charge in [-0.25, -0.2) is 4.79 Å². The van der Waals surface area contributed by atoms with Gasteiger partial charge in [0.2, 0.25) is 0 Å². The third kappa shape index (κ3) is 4.71. The molecule has 0 aromatic heterocycles. The van der Waals surface area contributed by atoms with Gasteiger partial charge < -0.3 is 5.32 Å². The minimum absolute atomic E-state index is 0.182. The van der Waals surface area contributed by atoms with Crippen LogP contribution in [-0.4, -0.2) is 6.03 Å². The molecule has 0 radical (unpaired) electrons.